The molecule has 0 spiro atoms. The lowest BCUT2D eigenvalue weighted by atomic mass is 10.1. The maximum absolute atomic E-state index is 12.0. The molecular formula is C16H21ClN2O3. The van der Waals surface area contributed by atoms with Gasteiger partial charge < -0.3 is 15.3 Å². The van der Waals surface area contributed by atoms with Crippen LogP contribution in [0, 0.1) is 6.92 Å². The number of amides is 2. The van der Waals surface area contributed by atoms with Crippen molar-refractivity contribution in [1.29, 1.82) is 0 Å². The zero-order chi connectivity index (χ0) is 16.1. The van der Waals surface area contributed by atoms with Gasteiger partial charge in [-0.3, -0.25) is 9.59 Å². The molecule has 2 amide bonds. The summed E-state index contributed by atoms with van der Waals surface area (Å²) in [5.41, 5.74) is 1.58. The van der Waals surface area contributed by atoms with Crippen LogP contribution in [0.4, 0.5) is 5.69 Å². The molecule has 1 aromatic rings. The number of anilines is 1. The molecule has 1 aliphatic rings. The molecule has 0 aliphatic carbocycles. The number of benzene rings is 1. The van der Waals surface area contributed by atoms with Crippen molar-refractivity contribution in [3.63, 3.8) is 0 Å². The fourth-order valence-electron chi connectivity index (χ4n) is 2.39. The first-order valence-electron chi connectivity index (χ1n) is 7.47. The Bertz CT molecular complexity index is 554. The van der Waals surface area contributed by atoms with E-state index in [2.05, 4.69) is 5.32 Å². The van der Waals surface area contributed by atoms with Crippen LogP contribution in [0.1, 0.15) is 31.2 Å². The number of nitrogens with zero attached hydrogens (tertiary/aromatic N) is 1. The number of likely N-dealkylation sites (tertiary alicyclic amines) is 1. The first-order valence-corrected chi connectivity index (χ1v) is 7.85. The molecule has 0 bridgehead atoms. The van der Waals surface area contributed by atoms with Crippen molar-refractivity contribution >= 4 is 29.1 Å². The molecule has 2 N–H and O–H groups in total. The number of carbonyl (C=O) groups is 2. The van der Waals surface area contributed by atoms with Gasteiger partial charge in [-0.2, -0.15) is 0 Å². The van der Waals surface area contributed by atoms with Crippen LogP contribution in [0.5, 0.6) is 0 Å². The fourth-order valence-corrected chi connectivity index (χ4v) is 2.57. The van der Waals surface area contributed by atoms with E-state index < -0.39 is 0 Å². The molecule has 0 atom stereocenters. The lowest BCUT2D eigenvalue weighted by Gasteiger charge is -2.29. The topological polar surface area (TPSA) is 69.6 Å². The molecule has 22 heavy (non-hydrogen) atoms. The minimum absolute atomic E-state index is 0.0380. The summed E-state index contributed by atoms with van der Waals surface area (Å²) in [5, 5.41) is 12.8. The summed E-state index contributed by atoms with van der Waals surface area (Å²) >= 11 is 6.01. The maximum atomic E-state index is 12.0. The van der Waals surface area contributed by atoms with E-state index in [0.717, 1.165) is 5.56 Å². The van der Waals surface area contributed by atoms with Crippen LogP contribution >= 0.6 is 11.6 Å². The van der Waals surface area contributed by atoms with Crippen molar-refractivity contribution < 1.29 is 14.7 Å². The molecule has 0 aromatic heterocycles. The van der Waals surface area contributed by atoms with Crippen LogP contribution in [0.15, 0.2) is 18.2 Å². The average molecular weight is 325 g/mol. The number of halogens is 1. The van der Waals surface area contributed by atoms with E-state index >= 15 is 0 Å². The first kappa shape index (κ1) is 16.8. The van der Waals surface area contributed by atoms with Crippen molar-refractivity contribution in [2.75, 3.05) is 18.4 Å². The largest absolute Gasteiger partial charge is 0.393 e. The highest BCUT2D eigenvalue weighted by Crippen LogP contribution is 2.20. The van der Waals surface area contributed by atoms with Gasteiger partial charge in [0.15, 0.2) is 0 Å². The highest BCUT2D eigenvalue weighted by Gasteiger charge is 2.21. The van der Waals surface area contributed by atoms with Gasteiger partial charge in [-0.1, -0.05) is 17.7 Å². The van der Waals surface area contributed by atoms with Crippen LogP contribution in [-0.4, -0.2) is 41.0 Å². The molecule has 1 aliphatic heterocycles. The Morgan fingerprint density at radius 2 is 2.00 bits per heavy atom. The predicted octanol–water partition coefficient (Wildman–Crippen LogP) is 2.35. The minimum atomic E-state index is -0.307. The highest BCUT2D eigenvalue weighted by molar-refractivity contribution is 6.31. The molecule has 0 radical (unpaired) electrons. The number of carbonyl (C=O) groups excluding carboxylic acids is 2. The van der Waals surface area contributed by atoms with Crippen molar-refractivity contribution in [1.82, 2.24) is 4.90 Å². The Balaban J connectivity index is 1.77. The van der Waals surface area contributed by atoms with E-state index in [0.29, 0.717) is 36.6 Å². The number of rotatable bonds is 4. The summed E-state index contributed by atoms with van der Waals surface area (Å²) in [7, 11) is 0. The number of hydrogen-bond donors (Lipinski definition) is 2. The normalized spacial score (nSPS) is 15.7. The zero-order valence-electron chi connectivity index (χ0n) is 12.6. The van der Waals surface area contributed by atoms with E-state index in [1.165, 1.54) is 0 Å². The third-order valence-electron chi connectivity index (χ3n) is 3.84. The van der Waals surface area contributed by atoms with E-state index in [4.69, 9.17) is 11.6 Å². The molecule has 0 saturated carbocycles. The van der Waals surface area contributed by atoms with Gasteiger partial charge >= 0.3 is 0 Å². The summed E-state index contributed by atoms with van der Waals surface area (Å²) in [6.45, 7) is 3.02. The van der Waals surface area contributed by atoms with Crippen molar-refractivity contribution in [3.05, 3.63) is 28.8 Å². The van der Waals surface area contributed by atoms with E-state index in [1.54, 1.807) is 17.0 Å². The number of aliphatic hydroxyl groups excluding tert-OH is 1. The molecule has 1 aromatic carbocycles. The molecule has 1 heterocycles. The van der Waals surface area contributed by atoms with Crippen LogP contribution in [0.3, 0.4) is 0 Å². The van der Waals surface area contributed by atoms with E-state index in [1.807, 2.05) is 13.0 Å². The quantitative estimate of drug-likeness (QED) is 0.893. The average Bonchev–Trinajstić information content (AvgIpc) is 2.49. The summed E-state index contributed by atoms with van der Waals surface area (Å²) in [4.78, 5) is 25.6. The highest BCUT2D eigenvalue weighted by atomic mass is 35.5. The third kappa shape index (κ3) is 4.71. The Labute approximate surface area is 135 Å². The van der Waals surface area contributed by atoms with Gasteiger partial charge in [0.05, 0.1) is 6.10 Å². The summed E-state index contributed by atoms with van der Waals surface area (Å²) in [6, 6.07) is 5.32. The van der Waals surface area contributed by atoms with Gasteiger partial charge in [-0.25, -0.2) is 0 Å². The Morgan fingerprint density at radius 1 is 1.32 bits per heavy atom. The molecule has 1 saturated heterocycles. The molecular weight excluding hydrogens is 304 g/mol. The second kappa shape index (κ2) is 7.61. The fraction of sp³-hybridized carbons (Fsp3) is 0.500. The Morgan fingerprint density at radius 3 is 2.64 bits per heavy atom. The lowest BCUT2D eigenvalue weighted by Crippen LogP contribution is -2.40. The molecule has 120 valence electrons. The Kier molecular flexibility index (Phi) is 5.80. The van der Waals surface area contributed by atoms with Crippen molar-refractivity contribution in [2.45, 2.75) is 38.7 Å². The second-order valence-corrected chi connectivity index (χ2v) is 6.03. The van der Waals surface area contributed by atoms with Crippen molar-refractivity contribution in [3.8, 4) is 0 Å². The number of nitrogens with one attached hydrogen (secondary N) is 1. The number of piperidine rings is 1. The minimum Gasteiger partial charge on any atom is -0.393 e. The second-order valence-electron chi connectivity index (χ2n) is 5.62. The van der Waals surface area contributed by atoms with E-state index in [9.17, 15) is 14.7 Å². The van der Waals surface area contributed by atoms with Gasteiger partial charge in [0.25, 0.3) is 0 Å². The van der Waals surface area contributed by atoms with Gasteiger partial charge in [0, 0.05) is 36.6 Å². The summed E-state index contributed by atoms with van der Waals surface area (Å²) in [5.74, 6) is -0.241. The predicted molar refractivity (Wildman–Crippen MR) is 85.9 cm³/mol. The van der Waals surface area contributed by atoms with Gasteiger partial charge in [0.2, 0.25) is 11.8 Å². The molecule has 0 unspecified atom stereocenters. The molecule has 2 rings (SSSR count). The molecule has 1 fully saturated rings. The monoisotopic (exact) mass is 324 g/mol. The van der Waals surface area contributed by atoms with Gasteiger partial charge in [-0.05, 0) is 37.5 Å². The number of aryl methyl sites for hydroxylation is 1. The molecule has 5 nitrogen and oxygen atoms in total. The van der Waals surface area contributed by atoms with Crippen molar-refractivity contribution in [2.24, 2.45) is 0 Å². The van der Waals surface area contributed by atoms with Gasteiger partial charge in [0.1, 0.15) is 0 Å². The smallest absolute Gasteiger partial charge is 0.224 e. The van der Waals surface area contributed by atoms with Crippen LogP contribution in [-0.2, 0) is 9.59 Å². The maximum Gasteiger partial charge on any atom is 0.224 e. The van der Waals surface area contributed by atoms with Crippen LogP contribution in [0.2, 0.25) is 5.02 Å². The van der Waals surface area contributed by atoms with Crippen LogP contribution < -0.4 is 5.32 Å². The van der Waals surface area contributed by atoms with Crippen LogP contribution in [0.25, 0.3) is 0 Å². The number of aliphatic hydroxyl groups is 1. The number of hydrogen-bond acceptors (Lipinski definition) is 3. The zero-order valence-corrected chi connectivity index (χ0v) is 13.4. The standard InChI is InChI=1S/C16H21ClN2O3/c1-11-2-3-12(10-14(11)17)18-15(21)4-5-16(22)19-8-6-13(20)7-9-19/h2-3,10,13,20H,4-9H2,1H3,(H,18,21). The van der Waals surface area contributed by atoms with E-state index in [-0.39, 0.29) is 30.8 Å². The summed E-state index contributed by atoms with van der Waals surface area (Å²) < 4.78 is 0. The Hall–Kier alpha value is -1.59. The third-order valence-corrected chi connectivity index (χ3v) is 4.25. The SMILES string of the molecule is Cc1ccc(NC(=O)CCC(=O)N2CCC(O)CC2)cc1Cl. The lowest BCUT2D eigenvalue weighted by molar-refractivity contribution is -0.134. The van der Waals surface area contributed by atoms with Gasteiger partial charge in [-0.15, -0.1) is 0 Å². The molecule has 6 heteroatoms. The first-order chi connectivity index (χ1) is 10.5. The summed E-state index contributed by atoms with van der Waals surface area (Å²) in [6.07, 6.45) is 1.24.